The lowest BCUT2D eigenvalue weighted by Crippen LogP contribution is -2.14. The molecule has 0 bridgehead atoms. The molecule has 2 nitrogen and oxygen atoms in total. The number of hydrogen-bond acceptors (Lipinski definition) is 2. The van der Waals surface area contributed by atoms with Crippen LogP contribution in [-0.4, -0.2) is 19.6 Å². The van der Waals surface area contributed by atoms with E-state index in [1.54, 1.807) is 25.3 Å². The van der Waals surface area contributed by atoms with E-state index in [4.69, 9.17) is 4.74 Å². The fourth-order valence-electron chi connectivity index (χ4n) is 1.54. The zero-order chi connectivity index (χ0) is 12.3. The number of halogens is 1. The third-order valence-corrected chi connectivity index (χ3v) is 2.45. The molecule has 0 atom stereocenters. The number of benzene rings is 1. The maximum absolute atomic E-state index is 12.3. The monoisotopic (exact) mass is 224 g/mol. The van der Waals surface area contributed by atoms with Gasteiger partial charge in [0.2, 0.25) is 0 Å². The van der Waals surface area contributed by atoms with Crippen molar-refractivity contribution in [1.82, 2.24) is 0 Å². The van der Waals surface area contributed by atoms with E-state index < -0.39 is 12.5 Å². The van der Waals surface area contributed by atoms with E-state index in [9.17, 15) is 9.18 Å². The summed E-state index contributed by atoms with van der Waals surface area (Å²) in [6.07, 6.45) is 0. The highest BCUT2D eigenvalue weighted by Crippen LogP contribution is 2.32. The Balaban J connectivity index is 3.27. The van der Waals surface area contributed by atoms with Crippen molar-refractivity contribution in [2.75, 3.05) is 13.8 Å². The second-order valence-electron chi connectivity index (χ2n) is 4.72. The van der Waals surface area contributed by atoms with Gasteiger partial charge in [0.05, 0.1) is 7.11 Å². The molecule has 0 heterocycles. The zero-order valence-electron chi connectivity index (χ0n) is 10.1. The predicted octanol–water partition coefficient (Wildman–Crippen LogP) is 3.14. The summed E-state index contributed by atoms with van der Waals surface area (Å²) in [5.74, 6) is 0.232. The molecule has 0 aliphatic heterocycles. The first kappa shape index (κ1) is 12.7. The van der Waals surface area contributed by atoms with Crippen LogP contribution in [0, 0.1) is 0 Å². The number of carbonyl (C=O) groups is 1. The van der Waals surface area contributed by atoms with Crippen LogP contribution in [0.4, 0.5) is 4.39 Å². The molecule has 0 fully saturated rings. The zero-order valence-corrected chi connectivity index (χ0v) is 10.1. The predicted molar refractivity (Wildman–Crippen MR) is 62.0 cm³/mol. The van der Waals surface area contributed by atoms with Crippen molar-refractivity contribution in [2.45, 2.75) is 26.2 Å². The van der Waals surface area contributed by atoms with Gasteiger partial charge in [-0.1, -0.05) is 20.8 Å². The molecule has 0 unspecified atom stereocenters. The molecule has 1 aromatic carbocycles. The molecule has 1 rings (SSSR count). The van der Waals surface area contributed by atoms with Crippen molar-refractivity contribution < 1.29 is 13.9 Å². The maximum atomic E-state index is 12.3. The van der Waals surface area contributed by atoms with Gasteiger partial charge in [0.25, 0.3) is 0 Å². The summed E-state index contributed by atoms with van der Waals surface area (Å²) in [5, 5.41) is 0. The highest BCUT2D eigenvalue weighted by Gasteiger charge is 2.20. The van der Waals surface area contributed by atoms with Crippen molar-refractivity contribution in [2.24, 2.45) is 0 Å². The molecule has 0 spiro atoms. The van der Waals surface area contributed by atoms with Crippen molar-refractivity contribution >= 4 is 5.78 Å². The Morgan fingerprint density at radius 1 is 1.38 bits per heavy atom. The molecule has 0 radical (unpaired) electrons. The maximum Gasteiger partial charge on any atom is 0.193 e. The third-order valence-electron chi connectivity index (χ3n) is 2.45. The van der Waals surface area contributed by atoms with Crippen LogP contribution in [0.15, 0.2) is 18.2 Å². The molecule has 0 saturated heterocycles. The Labute approximate surface area is 95.4 Å². The summed E-state index contributed by atoms with van der Waals surface area (Å²) in [4.78, 5) is 11.3. The number of ether oxygens (including phenoxy) is 1. The van der Waals surface area contributed by atoms with E-state index in [-0.39, 0.29) is 5.41 Å². The van der Waals surface area contributed by atoms with Crippen molar-refractivity contribution in [3.8, 4) is 5.75 Å². The normalized spacial score (nSPS) is 11.3. The van der Waals surface area contributed by atoms with Gasteiger partial charge in [0.15, 0.2) is 12.5 Å². The number of hydrogen-bond donors (Lipinski definition) is 0. The van der Waals surface area contributed by atoms with Crippen molar-refractivity contribution in [3.63, 3.8) is 0 Å². The molecule has 0 aliphatic carbocycles. The van der Waals surface area contributed by atoms with Crippen LogP contribution in [0.2, 0.25) is 0 Å². The van der Waals surface area contributed by atoms with Gasteiger partial charge in [0.1, 0.15) is 5.75 Å². The quantitative estimate of drug-likeness (QED) is 0.737. The van der Waals surface area contributed by atoms with Gasteiger partial charge in [-0.2, -0.15) is 0 Å². The van der Waals surface area contributed by atoms with Crippen LogP contribution in [0.5, 0.6) is 5.75 Å². The molecule has 0 saturated carbocycles. The second kappa shape index (κ2) is 4.64. The van der Waals surface area contributed by atoms with Gasteiger partial charge >= 0.3 is 0 Å². The largest absolute Gasteiger partial charge is 0.496 e. The van der Waals surface area contributed by atoms with Gasteiger partial charge in [-0.15, -0.1) is 0 Å². The Morgan fingerprint density at radius 3 is 2.44 bits per heavy atom. The highest BCUT2D eigenvalue weighted by atomic mass is 19.1. The van der Waals surface area contributed by atoms with Gasteiger partial charge in [-0.25, -0.2) is 4.39 Å². The summed E-state index contributed by atoms with van der Waals surface area (Å²) < 4.78 is 17.5. The minimum absolute atomic E-state index is 0.141. The van der Waals surface area contributed by atoms with E-state index in [0.717, 1.165) is 11.3 Å². The Morgan fingerprint density at radius 2 is 2.00 bits per heavy atom. The standard InChI is InChI=1S/C13H17FO2/c1-13(2,3)10-7-9(11(15)8-14)5-6-12(10)16-4/h5-7H,8H2,1-4H3. The summed E-state index contributed by atoms with van der Waals surface area (Å²) in [5.41, 5.74) is 1.17. The van der Waals surface area contributed by atoms with Gasteiger partial charge in [-0.3, -0.25) is 4.79 Å². The first-order valence-corrected chi connectivity index (χ1v) is 5.18. The third kappa shape index (κ3) is 2.60. The molecule has 0 N–H and O–H groups in total. The smallest absolute Gasteiger partial charge is 0.193 e. The van der Waals surface area contributed by atoms with Gasteiger partial charge < -0.3 is 4.74 Å². The van der Waals surface area contributed by atoms with Crippen LogP contribution in [0.1, 0.15) is 36.7 Å². The number of rotatable bonds is 3. The number of alkyl halides is 1. The van der Waals surface area contributed by atoms with E-state index in [2.05, 4.69) is 0 Å². The van der Waals surface area contributed by atoms with Crippen molar-refractivity contribution in [3.05, 3.63) is 29.3 Å². The minimum atomic E-state index is -0.962. The molecule has 88 valence electrons. The average molecular weight is 224 g/mol. The van der Waals surface area contributed by atoms with Crippen LogP contribution < -0.4 is 4.74 Å². The summed E-state index contributed by atoms with van der Waals surface area (Å²) in [6, 6.07) is 5.01. The van der Waals surface area contributed by atoms with E-state index in [1.807, 2.05) is 20.8 Å². The molecule has 1 aromatic rings. The number of ketones is 1. The second-order valence-corrected chi connectivity index (χ2v) is 4.72. The lowest BCUT2D eigenvalue weighted by molar-refractivity contribution is 0.0958. The Kier molecular flexibility index (Phi) is 3.68. The first-order chi connectivity index (χ1) is 7.40. The van der Waals surface area contributed by atoms with E-state index >= 15 is 0 Å². The van der Waals surface area contributed by atoms with Crippen LogP contribution >= 0.6 is 0 Å². The highest BCUT2D eigenvalue weighted by molar-refractivity contribution is 5.97. The fourth-order valence-corrected chi connectivity index (χ4v) is 1.54. The van der Waals surface area contributed by atoms with Gasteiger partial charge in [0, 0.05) is 11.1 Å². The van der Waals surface area contributed by atoms with E-state index in [1.165, 1.54) is 0 Å². The van der Waals surface area contributed by atoms with Crippen molar-refractivity contribution in [1.29, 1.82) is 0 Å². The molecule has 0 amide bonds. The van der Waals surface area contributed by atoms with Crippen LogP contribution in [-0.2, 0) is 5.41 Å². The number of methoxy groups -OCH3 is 1. The molecule has 3 heteroatoms. The Hall–Kier alpha value is -1.38. The first-order valence-electron chi connectivity index (χ1n) is 5.18. The number of Topliss-reactive ketones (excluding diaryl/α,β-unsaturated/α-hetero) is 1. The lowest BCUT2D eigenvalue weighted by atomic mass is 9.85. The summed E-state index contributed by atoms with van der Waals surface area (Å²) in [6.45, 7) is 5.10. The topological polar surface area (TPSA) is 26.3 Å². The summed E-state index contributed by atoms with van der Waals surface area (Å²) >= 11 is 0. The number of carbonyl (C=O) groups excluding carboxylic acids is 1. The van der Waals surface area contributed by atoms with Crippen LogP contribution in [0.25, 0.3) is 0 Å². The average Bonchev–Trinajstić information content (AvgIpc) is 2.26. The Bertz CT molecular complexity index is 391. The molecular formula is C13H17FO2. The fraction of sp³-hybridized carbons (Fsp3) is 0.462. The lowest BCUT2D eigenvalue weighted by Gasteiger charge is -2.22. The van der Waals surface area contributed by atoms with Crippen LogP contribution in [0.3, 0.4) is 0 Å². The molecule has 16 heavy (non-hydrogen) atoms. The van der Waals surface area contributed by atoms with E-state index in [0.29, 0.717) is 5.56 Å². The molecule has 0 aliphatic rings. The minimum Gasteiger partial charge on any atom is -0.496 e. The SMILES string of the molecule is COc1ccc(C(=O)CF)cc1C(C)(C)C. The molecule has 0 aromatic heterocycles. The summed E-state index contributed by atoms with van der Waals surface area (Å²) in [7, 11) is 1.58. The van der Waals surface area contributed by atoms with Gasteiger partial charge in [-0.05, 0) is 23.6 Å². The molecular weight excluding hydrogens is 207 g/mol.